The quantitative estimate of drug-likeness (QED) is 0.0964. The van der Waals surface area contributed by atoms with Gasteiger partial charge in [-0.25, -0.2) is 0 Å². The van der Waals surface area contributed by atoms with Gasteiger partial charge in [0.1, 0.15) is 91.6 Å². The van der Waals surface area contributed by atoms with Crippen molar-refractivity contribution in [2.75, 3.05) is 33.0 Å². The predicted octanol–water partition coefficient (Wildman–Crippen LogP) is -2.35. The normalized spacial score (nSPS) is 56.7. The molecular weight excluding hydrogens is 953 g/mol. The van der Waals surface area contributed by atoms with Crippen molar-refractivity contribution in [1.29, 1.82) is 0 Å². The van der Waals surface area contributed by atoms with Gasteiger partial charge in [0.25, 0.3) is 0 Å². The van der Waals surface area contributed by atoms with Crippen molar-refractivity contribution in [3.63, 3.8) is 0 Å². The first-order valence-electron chi connectivity index (χ1n) is 26.4. The molecule has 4 aliphatic carbocycles. The molecule has 6 saturated heterocycles. The lowest BCUT2D eigenvalue weighted by molar-refractivity contribution is -0.403. The SMILES string of the molecule is CC1CCC2(OC1)OC1CC3C4CC=C5C[C@@H](O[C@@H]6O[C@H](CO)[C@H](O[C@@H]7O[C@H](CO)[C@@H](O)[C@@H](O[C@@H]8OC[C@@H](O)[C@@H](O)[C@H]8O)[C@H]7O[C@@H]7O[C@H](CO)[C@@H](O)[C@@H](O)[C@H]7O)[C@@H](O)[C@H]6O)CC[C@]5(C)C4CC[C@]3(C)C1C2C. The fourth-order valence-electron chi connectivity index (χ4n) is 15.3. The second kappa shape index (κ2) is 20.9. The number of hydrogen-bond donors (Lipinski definition) is 12. The summed E-state index contributed by atoms with van der Waals surface area (Å²) in [7, 11) is 0. The van der Waals surface area contributed by atoms with Crippen LogP contribution in [0, 0.1) is 46.3 Å². The molecule has 0 aromatic rings. The summed E-state index contributed by atoms with van der Waals surface area (Å²) in [4.78, 5) is 0. The van der Waals surface area contributed by atoms with Crippen molar-refractivity contribution in [2.24, 2.45) is 46.3 Å². The first-order valence-corrected chi connectivity index (χ1v) is 26.4. The molecule has 8 unspecified atom stereocenters. The number of allylic oxidation sites excluding steroid dienone is 1. The average molecular weight is 1030 g/mol. The van der Waals surface area contributed by atoms with E-state index in [0.717, 1.165) is 51.6 Å². The molecule has 12 N–H and O–H groups in total. The highest BCUT2D eigenvalue weighted by Crippen LogP contribution is 2.70. The molecule has 1 spiro atoms. The van der Waals surface area contributed by atoms with Crippen LogP contribution in [0.2, 0.25) is 0 Å². The Morgan fingerprint density at radius 2 is 1.24 bits per heavy atom. The molecule has 0 radical (unpaired) electrons. The molecule has 22 heteroatoms. The van der Waals surface area contributed by atoms with Gasteiger partial charge in [-0.3, -0.25) is 0 Å². The Morgan fingerprint density at radius 3 is 1.94 bits per heavy atom. The molecule has 22 nitrogen and oxygen atoms in total. The van der Waals surface area contributed by atoms with Crippen LogP contribution in [0.15, 0.2) is 11.6 Å². The van der Waals surface area contributed by atoms with Crippen molar-refractivity contribution >= 4 is 0 Å². The number of aliphatic hydroxyl groups is 12. The van der Waals surface area contributed by atoms with Crippen LogP contribution in [0.5, 0.6) is 0 Å². The van der Waals surface area contributed by atoms with Gasteiger partial charge in [-0.05, 0) is 91.8 Å². The van der Waals surface area contributed by atoms with Gasteiger partial charge in [-0.1, -0.05) is 39.3 Å². The summed E-state index contributed by atoms with van der Waals surface area (Å²) in [5, 5.41) is 129. The molecule has 3 saturated carbocycles. The Kier molecular flexibility index (Phi) is 15.7. The molecule has 6 heterocycles. The van der Waals surface area contributed by atoms with E-state index in [9.17, 15) is 61.3 Å². The lowest BCUT2D eigenvalue weighted by atomic mass is 9.47. The fourth-order valence-corrected chi connectivity index (χ4v) is 15.3. The molecule has 0 bridgehead atoms. The van der Waals surface area contributed by atoms with Crippen LogP contribution in [0.4, 0.5) is 0 Å². The van der Waals surface area contributed by atoms with Crippen LogP contribution in [-0.4, -0.2) is 229 Å². The molecule has 10 aliphatic rings. The van der Waals surface area contributed by atoms with Crippen LogP contribution in [0.25, 0.3) is 0 Å². The topological polar surface area (TPSA) is 335 Å². The number of fused-ring (bicyclic) bond motifs is 7. The standard InChI is InChI=1S/C50H80O22/c1-20-7-12-50(64-18-20)21(2)32-28(72-50)14-26-24-6-5-22-13-23(8-10-48(22,3)25(24)9-11-49(26,32)4)65-45-40(62)37(59)41(31(17-53)68-45)69-47-43(71-46-39(61)36(58)34(56)29(15-51)66-46)42(35(57)30(16-52)67-47)70-44-38(60)33(55)27(54)19-63-44/h5,20-21,23-47,51-62H,6-19H2,1-4H3/t20?,21?,23-,24?,25?,26?,27+,28?,29+,30+,31+,32?,33+,34+,35+,36+,37-,38+,39+,40+,41-,42+,43+,44-,45+,46-,47-,48-,49-,50?/m0/s1. The van der Waals surface area contributed by atoms with E-state index < -0.39 is 155 Å². The lowest BCUT2D eigenvalue weighted by Crippen LogP contribution is -2.68. The van der Waals surface area contributed by atoms with Crippen LogP contribution in [0.3, 0.4) is 0 Å². The van der Waals surface area contributed by atoms with Gasteiger partial charge in [0, 0.05) is 12.3 Å². The zero-order valence-electron chi connectivity index (χ0n) is 41.5. The zero-order valence-corrected chi connectivity index (χ0v) is 41.5. The maximum atomic E-state index is 11.8. The second-order valence-corrected chi connectivity index (χ2v) is 23.5. The smallest absolute Gasteiger partial charge is 0.187 e. The largest absolute Gasteiger partial charge is 0.394 e. The van der Waals surface area contributed by atoms with Gasteiger partial charge in [-0.2, -0.15) is 0 Å². The number of hydrogen-bond acceptors (Lipinski definition) is 22. The van der Waals surface area contributed by atoms with Crippen LogP contribution < -0.4 is 0 Å². The first-order chi connectivity index (χ1) is 34.3. The third-order valence-corrected chi connectivity index (χ3v) is 19.4. The molecule has 10 rings (SSSR count). The van der Waals surface area contributed by atoms with Gasteiger partial charge in [0.15, 0.2) is 30.9 Å². The Morgan fingerprint density at radius 1 is 0.597 bits per heavy atom. The summed E-state index contributed by atoms with van der Waals surface area (Å²) in [6, 6.07) is 0. The van der Waals surface area contributed by atoms with Crippen LogP contribution in [0.1, 0.15) is 85.5 Å². The summed E-state index contributed by atoms with van der Waals surface area (Å²) in [6.45, 7) is 7.28. The number of aliphatic hydroxyl groups excluding tert-OH is 12. The molecule has 30 atom stereocenters. The molecule has 0 aromatic heterocycles. The zero-order chi connectivity index (χ0) is 51.3. The van der Waals surface area contributed by atoms with E-state index in [2.05, 4.69) is 33.8 Å². The minimum absolute atomic E-state index is 0.0473. The summed E-state index contributed by atoms with van der Waals surface area (Å²) in [5.74, 6) is 2.46. The Balaban J connectivity index is 0.826. The molecule has 0 aromatic carbocycles. The van der Waals surface area contributed by atoms with Crippen molar-refractivity contribution in [3.8, 4) is 0 Å². The highest BCUT2D eigenvalue weighted by atomic mass is 16.8. The Labute approximate surface area is 419 Å². The van der Waals surface area contributed by atoms with Crippen molar-refractivity contribution in [1.82, 2.24) is 0 Å². The third kappa shape index (κ3) is 9.18. The summed E-state index contributed by atoms with van der Waals surface area (Å²) >= 11 is 0. The maximum absolute atomic E-state index is 11.8. The van der Waals surface area contributed by atoms with Crippen molar-refractivity contribution in [2.45, 2.75) is 220 Å². The van der Waals surface area contributed by atoms with E-state index >= 15 is 0 Å². The van der Waals surface area contributed by atoms with Gasteiger partial charge >= 0.3 is 0 Å². The van der Waals surface area contributed by atoms with Gasteiger partial charge in [0.2, 0.25) is 0 Å². The lowest BCUT2D eigenvalue weighted by Gasteiger charge is -2.58. The first kappa shape index (κ1) is 54.2. The Bertz CT molecular complexity index is 1890. The molecule has 412 valence electrons. The minimum atomic E-state index is -2.00. The van der Waals surface area contributed by atoms with E-state index in [0.29, 0.717) is 48.3 Å². The van der Waals surface area contributed by atoms with E-state index in [1.54, 1.807) is 0 Å². The number of ether oxygens (including phenoxy) is 10. The summed E-state index contributed by atoms with van der Waals surface area (Å²) in [5.41, 5.74) is 1.44. The summed E-state index contributed by atoms with van der Waals surface area (Å²) < 4.78 is 61.3. The Hall–Kier alpha value is -1.14. The summed E-state index contributed by atoms with van der Waals surface area (Å²) in [6.07, 6.45) is -22.3. The highest BCUT2D eigenvalue weighted by molar-refractivity contribution is 5.26. The van der Waals surface area contributed by atoms with Gasteiger partial charge in [-0.15, -0.1) is 0 Å². The molecule has 6 aliphatic heterocycles. The van der Waals surface area contributed by atoms with Crippen LogP contribution >= 0.6 is 0 Å². The van der Waals surface area contributed by atoms with Crippen molar-refractivity contribution < 1.29 is 109 Å². The molecule has 72 heavy (non-hydrogen) atoms. The van der Waals surface area contributed by atoms with Crippen molar-refractivity contribution in [3.05, 3.63) is 11.6 Å². The van der Waals surface area contributed by atoms with E-state index in [1.165, 1.54) is 5.57 Å². The predicted molar refractivity (Wildman–Crippen MR) is 242 cm³/mol. The molecular formula is C50H80O22. The average Bonchev–Trinajstić information content (AvgIpc) is 3.82. The third-order valence-electron chi connectivity index (χ3n) is 19.4. The monoisotopic (exact) mass is 1030 g/mol. The minimum Gasteiger partial charge on any atom is -0.394 e. The van der Waals surface area contributed by atoms with E-state index in [1.807, 2.05) is 0 Å². The molecule has 9 fully saturated rings. The van der Waals surface area contributed by atoms with E-state index in [4.69, 9.17) is 47.4 Å². The van der Waals surface area contributed by atoms with Gasteiger partial charge in [0.05, 0.1) is 45.2 Å². The second-order valence-electron chi connectivity index (χ2n) is 23.5. The fraction of sp³-hybridized carbons (Fsp3) is 0.960. The maximum Gasteiger partial charge on any atom is 0.187 e. The molecule has 0 amide bonds. The van der Waals surface area contributed by atoms with E-state index in [-0.39, 0.29) is 16.9 Å². The highest BCUT2D eigenvalue weighted by Gasteiger charge is 2.69. The van der Waals surface area contributed by atoms with Crippen LogP contribution in [-0.2, 0) is 47.4 Å². The number of rotatable bonds is 11. The van der Waals surface area contributed by atoms with Gasteiger partial charge < -0.3 is 109 Å².